The zero-order valence-electron chi connectivity index (χ0n) is 14.9. The minimum absolute atomic E-state index is 0.310. The number of nitrogens with one attached hydrogen (secondary N) is 1. The van der Waals surface area contributed by atoms with Crippen molar-refractivity contribution in [2.24, 2.45) is 10.7 Å². The van der Waals surface area contributed by atoms with Crippen molar-refractivity contribution < 1.29 is 14.2 Å². The number of hydrogen-bond donors (Lipinski definition) is 2. The number of aliphatic imine (C=N–C) groups is 1. The Bertz CT molecular complexity index is 764. The molecule has 1 aliphatic heterocycles. The van der Waals surface area contributed by atoms with E-state index in [9.17, 15) is 0 Å². The van der Waals surface area contributed by atoms with Crippen LogP contribution in [0.4, 0.5) is 5.69 Å². The maximum atomic E-state index is 6.02. The number of aromatic nitrogens is 1. The summed E-state index contributed by atoms with van der Waals surface area (Å²) in [6.07, 6.45) is 3.50. The molecule has 0 radical (unpaired) electrons. The Morgan fingerprint density at radius 1 is 1.27 bits per heavy atom. The van der Waals surface area contributed by atoms with Crippen molar-refractivity contribution in [3.63, 3.8) is 0 Å². The predicted octanol–water partition coefficient (Wildman–Crippen LogP) is 2.96. The van der Waals surface area contributed by atoms with E-state index in [0.717, 1.165) is 29.8 Å². The summed E-state index contributed by atoms with van der Waals surface area (Å²) in [5.41, 5.74) is 7.70. The molecule has 0 spiro atoms. The summed E-state index contributed by atoms with van der Waals surface area (Å²) in [4.78, 5) is 8.63. The van der Waals surface area contributed by atoms with Gasteiger partial charge in [-0.05, 0) is 24.6 Å². The lowest BCUT2D eigenvalue weighted by Crippen LogP contribution is -2.22. The number of hydrogen-bond acceptors (Lipinski definition) is 5. The van der Waals surface area contributed by atoms with E-state index in [1.165, 1.54) is 0 Å². The van der Waals surface area contributed by atoms with Crippen LogP contribution in [-0.4, -0.2) is 30.8 Å². The van der Waals surface area contributed by atoms with E-state index in [-0.39, 0.29) is 0 Å². The van der Waals surface area contributed by atoms with Crippen LogP contribution in [0.3, 0.4) is 0 Å². The summed E-state index contributed by atoms with van der Waals surface area (Å²) < 4.78 is 16.9. The zero-order chi connectivity index (χ0) is 18.2. The first-order valence-electron chi connectivity index (χ1n) is 8.79. The standard InChI is InChI=1S/C19H24N4O3/c1-2-9-26-18-14(5-3-8-21-18)13-22-19(20)23-15-6-7-16-17(12-15)25-11-4-10-24-16/h3,5-8,12H,2,4,9-11,13H2,1H3,(H3,20,22,23). The minimum atomic E-state index is 0.310. The van der Waals surface area contributed by atoms with Crippen LogP contribution in [0.2, 0.25) is 0 Å². The minimum Gasteiger partial charge on any atom is -0.490 e. The number of rotatable bonds is 6. The molecule has 0 fully saturated rings. The number of benzene rings is 1. The number of nitrogens with two attached hydrogens (primary N) is 1. The second kappa shape index (κ2) is 8.94. The molecule has 1 aromatic carbocycles. The Labute approximate surface area is 153 Å². The van der Waals surface area contributed by atoms with Crippen molar-refractivity contribution in [1.29, 1.82) is 0 Å². The van der Waals surface area contributed by atoms with Crippen molar-refractivity contribution in [2.45, 2.75) is 26.3 Å². The fraction of sp³-hybridized carbons (Fsp3) is 0.368. The average Bonchev–Trinajstić information content (AvgIpc) is 2.90. The SMILES string of the molecule is CCCOc1ncccc1CN=C(N)Nc1ccc2c(c1)OCCCO2. The lowest BCUT2D eigenvalue weighted by atomic mass is 10.2. The van der Waals surface area contributed by atoms with Crippen molar-refractivity contribution >= 4 is 11.6 Å². The fourth-order valence-corrected chi connectivity index (χ4v) is 2.47. The van der Waals surface area contributed by atoms with Gasteiger partial charge in [0.05, 0.1) is 26.4 Å². The van der Waals surface area contributed by atoms with Gasteiger partial charge in [0.1, 0.15) is 0 Å². The van der Waals surface area contributed by atoms with Crippen LogP contribution in [0.1, 0.15) is 25.3 Å². The summed E-state index contributed by atoms with van der Waals surface area (Å²) >= 11 is 0. The van der Waals surface area contributed by atoms with Gasteiger partial charge in [-0.3, -0.25) is 0 Å². The van der Waals surface area contributed by atoms with Gasteiger partial charge in [0.25, 0.3) is 0 Å². The normalized spacial score (nSPS) is 13.8. The average molecular weight is 356 g/mol. The lowest BCUT2D eigenvalue weighted by Gasteiger charge is -2.11. The van der Waals surface area contributed by atoms with E-state index in [1.54, 1.807) is 6.20 Å². The molecule has 0 saturated heterocycles. The molecule has 1 aliphatic rings. The molecule has 7 heteroatoms. The molecule has 2 aromatic rings. The molecule has 3 N–H and O–H groups in total. The van der Waals surface area contributed by atoms with E-state index in [2.05, 4.69) is 22.2 Å². The summed E-state index contributed by atoms with van der Waals surface area (Å²) in [5.74, 6) is 2.37. The quantitative estimate of drug-likeness (QED) is 0.611. The third-order valence-electron chi connectivity index (χ3n) is 3.73. The van der Waals surface area contributed by atoms with E-state index < -0.39 is 0 Å². The van der Waals surface area contributed by atoms with Crippen molar-refractivity contribution in [3.05, 3.63) is 42.1 Å². The number of ether oxygens (including phenoxy) is 3. The zero-order valence-corrected chi connectivity index (χ0v) is 14.9. The molecule has 26 heavy (non-hydrogen) atoms. The molecule has 138 valence electrons. The van der Waals surface area contributed by atoms with Crippen LogP contribution in [-0.2, 0) is 6.54 Å². The van der Waals surface area contributed by atoms with Crippen molar-refractivity contribution in [2.75, 3.05) is 25.1 Å². The Morgan fingerprint density at radius 2 is 2.12 bits per heavy atom. The monoisotopic (exact) mass is 356 g/mol. The lowest BCUT2D eigenvalue weighted by molar-refractivity contribution is 0.297. The van der Waals surface area contributed by atoms with Gasteiger partial charge >= 0.3 is 0 Å². The van der Waals surface area contributed by atoms with Crippen LogP contribution in [0.25, 0.3) is 0 Å². The summed E-state index contributed by atoms with van der Waals surface area (Å²) in [6.45, 7) is 4.37. The molecular weight excluding hydrogens is 332 g/mol. The molecule has 3 rings (SSSR count). The van der Waals surface area contributed by atoms with E-state index in [4.69, 9.17) is 19.9 Å². The van der Waals surface area contributed by atoms with E-state index in [1.807, 2.05) is 30.3 Å². The molecule has 0 bridgehead atoms. The number of guanidine groups is 1. The van der Waals surface area contributed by atoms with Crippen molar-refractivity contribution in [1.82, 2.24) is 4.98 Å². The van der Waals surface area contributed by atoms with Crippen LogP contribution in [0.15, 0.2) is 41.5 Å². The Kier molecular flexibility index (Phi) is 6.14. The first kappa shape index (κ1) is 17.8. The van der Waals surface area contributed by atoms with Gasteiger partial charge in [-0.1, -0.05) is 13.0 Å². The highest BCUT2D eigenvalue weighted by atomic mass is 16.5. The van der Waals surface area contributed by atoms with Gasteiger partial charge in [0.2, 0.25) is 5.88 Å². The number of anilines is 1. The third kappa shape index (κ3) is 4.78. The highest BCUT2D eigenvalue weighted by Crippen LogP contribution is 2.32. The van der Waals surface area contributed by atoms with Gasteiger partial charge in [0, 0.05) is 29.9 Å². The molecule has 7 nitrogen and oxygen atoms in total. The highest BCUT2D eigenvalue weighted by Gasteiger charge is 2.11. The second-order valence-corrected chi connectivity index (χ2v) is 5.85. The molecule has 0 saturated carbocycles. The van der Waals surface area contributed by atoms with E-state index in [0.29, 0.717) is 44.0 Å². The van der Waals surface area contributed by atoms with Gasteiger partial charge in [-0.15, -0.1) is 0 Å². The van der Waals surface area contributed by atoms with Crippen LogP contribution < -0.4 is 25.3 Å². The maximum Gasteiger partial charge on any atom is 0.218 e. The summed E-state index contributed by atoms with van der Waals surface area (Å²) in [5, 5.41) is 3.08. The second-order valence-electron chi connectivity index (χ2n) is 5.85. The van der Waals surface area contributed by atoms with Crippen LogP contribution in [0, 0.1) is 0 Å². The molecular formula is C19H24N4O3. The van der Waals surface area contributed by atoms with Gasteiger partial charge in [0.15, 0.2) is 17.5 Å². The van der Waals surface area contributed by atoms with Crippen LogP contribution >= 0.6 is 0 Å². The van der Waals surface area contributed by atoms with Gasteiger partial charge in [-0.2, -0.15) is 0 Å². The molecule has 0 amide bonds. The molecule has 0 atom stereocenters. The van der Waals surface area contributed by atoms with Gasteiger partial charge in [-0.25, -0.2) is 9.98 Å². The largest absolute Gasteiger partial charge is 0.490 e. The molecule has 2 heterocycles. The Hall–Kier alpha value is -2.96. The first-order chi connectivity index (χ1) is 12.8. The van der Waals surface area contributed by atoms with E-state index >= 15 is 0 Å². The van der Waals surface area contributed by atoms with Crippen molar-refractivity contribution in [3.8, 4) is 17.4 Å². The third-order valence-corrected chi connectivity index (χ3v) is 3.73. The maximum absolute atomic E-state index is 6.02. The number of nitrogens with zero attached hydrogens (tertiary/aromatic N) is 2. The Balaban J connectivity index is 1.65. The Morgan fingerprint density at radius 3 is 2.96 bits per heavy atom. The van der Waals surface area contributed by atoms with Crippen LogP contribution in [0.5, 0.6) is 17.4 Å². The predicted molar refractivity (Wildman–Crippen MR) is 101 cm³/mol. The molecule has 0 aliphatic carbocycles. The fourth-order valence-electron chi connectivity index (χ4n) is 2.47. The highest BCUT2D eigenvalue weighted by molar-refractivity contribution is 5.92. The topological polar surface area (TPSA) is 91.0 Å². The van der Waals surface area contributed by atoms with Gasteiger partial charge < -0.3 is 25.3 Å². The number of fused-ring (bicyclic) bond motifs is 1. The summed E-state index contributed by atoms with van der Waals surface area (Å²) in [6, 6.07) is 9.41. The smallest absolute Gasteiger partial charge is 0.218 e. The molecule has 0 unspecified atom stereocenters. The summed E-state index contributed by atoms with van der Waals surface area (Å²) in [7, 11) is 0. The first-order valence-corrected chi connectivity index (χ1v) is 8.79. The number of pyridine rings is 1. The molecule has 1 aromatic heterocycles.